The summed E-state index contributed by atoms with van der Waals surface area (Å²) in [6, 6.07) is 18.1. The molecule has 2 heterocycles. The maximum absolute atomic E-state index is 13.0. The van der Waals surface area contributed by atoms with Crippen LogP contribution >= 0.6 is 0 Å². The quantitative estimate of drug-likeness (QED) is 0.559. The van der Waals surface area contributed by atoms with Gasteiger partial charge in [0, 0.05) is 23.0 Å². The number of aryl methyl sites for hydroxylation is 2. The van der Waals surface area contributed by atoms with E-state index in [0.717, 1.165) is 22.3 Å². The van der Waals surface area contributed by atoms with Gasteiger partial charge in [0.05, 0.1) is 17.8 Å². The van der Waals surface area contributed by atoms with Gasteiger partial charge in [0.2, 0.25) is 0 Å². The van der Waals surface area contributed by atoms with Gasteiger partial charge < -0.3 is 0 Å². The van der Waals surface area contributed by atoms with Crippen LogP contribution in [0.25, 0.3) is 10.9 Å². The summed E-state index contributed by atoms with van der Waals surface area (Å²) in [6.07, 6.45) is 1.59. The van der Waals surface area contributed by atoms with Gasteiger partial charge in [0.25, 0.3) is 10.0 Å². The van der Waals surface area contributed by atoms with E-state index in [9.17, 15) is 8.42 Å². The van der Waals surface area contributed by atoms with Crippen molar-refractivity contribution in [3.05, 3.63) is 83.8 Å². The molecule has 2 aromatic heterocycles. The highest BCUT2D eigenvalue weighted by Crippen LogP contribution is 2.23. The zero-order valence-corrected chi connectivity index (χ0v) is 16.4. The summed E-state index contributed by atoms with van der Waals surface area (Å²) in [7, 11) is -3.77. The average molecular weight is 392 g/mol. The highest BCUT2D eigenvalue weighted by Gasteiger charge is 2.18. The zero-order valence-electron chi connectivity index (χ0n) is 15.6. The minimum atomic E-state index is -3.77. The number of hydrogen-bond acceptors (Lipinski definition) is 4. The summed E-state index contributed by atoms with van der Waals surface area (Å²) in [4.78, 5) is 4.41. The molecule has 0 saturated carbocycles. The van der Waals surface area contributed by atoms with Crippen molar-refractivity contribution in [1.82, 2.24) is 14.8 Å². The van der Waals surface area contributed by atoms with E-state index >= 15 is 0 Å². The molecule has 0 radical (unpaired) electrons. The normalized spacial score (nSPS) is 11.6. The van der Waals surface area contributed by atoms with Crippen molar-refractivity contribution in [2.24, 2.45) is 0 Å². The Bertz CT molecular complexity index is 1260. The number of benzene rings is 2. The Labute approximate surface area is 163 Å². The Kier molecular flexibility index (Phi) is 4.60. The Balaban J connectivity index is 1.64. The van der Waals surface area contributed by atoms with Crippen LogP contribution < -0.4 is 4.72 Å². The summed E-state index contributed by atoms with van der Waals surface area (Å²) in [5.41, 5.74) is 3.94. The molecule has 0 spiro atoms. The van der Waals surface area contributed by atoms with Crippen LogP contribution in [0.2, 0.25) is 0 Å². The third-order valence-corrected chi connectivity index (χ3v) is 5.91. The second-order valence-corrected chi connectivity index (χ2v) is 8.37. The second-order valence-electron chi connectivity index (χ2n) is 6.72. The van der Waals surface area contributed by atoms with E-state index in [2.05, 4.69) is 14.8 Å². The van der Waals surface area contributed by atoms with Crippen LogP contribution in [0.1, 0.15) is 17.0 Å². The lowest BCUT2D eigenvalue weighted by Gasteiger charge is -2.11. The molecule has 7 heteroatoms. The van der Waals surface area contributed by atoms with Crippen LogP contribution in [0, 0.1) is 13.8 Å². The number of anilines is 1. The lowest BCUT2D eigenvalue weighted by Crippen LogP contribution is -2.14. The topological polar surface area (TPSA) is 76.9 Å². The fourth-order valence-electron chi connectivity index (χ4n) is 3.24. The van der Waals surface area contributed by atoms with Crippen molar-refractivity contribution >= 4 is 26.6 Å². The molecule has 0 atom stereocenters. The molecule has 0 unspecified atom stereocenters. The zero-order chi connectivity index (χ0) is 19.7. The third-order valence-electron chi connectivity index (χ3n) is 4.50. The summed E-state index contributed by atoms with van der Waals surface area (Å²) >= 11 is 0. The Morgan fingerprint density at radius 2 is 1.79 bits per heavy atom. The minimum Gasteiger partial charge on any atom is -0.280 e. The Morgan fingerprint density at radius 1 is 1.00 bits per heavy atom. The molecule has 142 valence electrons. The fourth-order valence-corrected chi connectivity index (χ4v) is 4.47. The molecule has 0 aliphatic heterocycles. The van der Waals surface area contributed by atoms with Gasteiger partial charge in [-0.15, -0.1) is 0 Å². The first-order chi connectivity index (χ1) is 13.4. The van der Waals surface area contributed by atoms with E-state index < -0.39 is 10.0 Å². The van der Waals surface area contributed by atoms with Gasteiger partial charge in [-0.25, -0.2) is 8.42 Å². The molecular weight excluding hydrogens is 372 g/mol. The number of sulfonamides is 1. The van der Waals surface area contributed by atoms with Crippen molar-refractivity contribution < 1.29 is 8.42 Å². The predicted molar refractivity (Wildman–Crippen MR) is 110 cm³/mol. The Hall–Kier alpha value is -3.19. The first-order valence-corrected chi connectivity index (χ1v) is 10.4. The lowest BCUT2D eigenvalue weighted by molar-refractivity contribution is 0.602. The van der Waals surface area contributed by atoms with E-state index in [4.69, 9.17) is 0 Å². The number of fused-ring (bicyclic) bond motifs is 1. The minimum absolute atomic E-state index is 0.162. The van der Waals surface area contributed by atoms with Crippen LogP contribution in [0.15, 0.2) is 71.8 Å². The number of para-hydroxylation sites is 1. The Morgan fingerprint density at radius 3 is 2.57 bits per heavy atom. The number of nitrogens with one attached hydrogen (secondary N) is 1. The van der Waals surface area contributed by atoms with Crippen molar-refractivity contribution in [3.63, 3.8) is 0 Å². The molecule has 0 amide bonds. The molecule has 4 aromatic rings. The van der Waals surface area contributed by atoms with Crippen molar-refractivity contribution in [2.75, 3.05) is 4.72 Å². The van der Waals surface area contributed by atoms with Crippen LogP contribution in [0.4, 0.5) is 5.69 Å². The van der Waals surface area contributed by atoms with E-state index in [1.807, 2.05) is 54.9 Å². The number of nitrogens with zero attached hydrogens (tertiary/aromatic N) is 3. The van der Waals surface area contributed by atoms with Gasteiger partial charge in [0.15, 0.2) is 0 Å². The molecule has 4 rings (SSSR count). The summed E-state index contributed by atoms with van der Waals surface area (Å²) < 4.78 is 30.5. The summed E-state index contributed by atoms with van der Waals surface area (Å²) in [6.45, 7) is 4.53. The highest BCUT2D eigenvalue weighted by atomic mass is 32.2. The molecular formula is C21H20N4O2S. The van der Waals surface area contributed by atoms with Crippen LogP contribution in [-0.4, -0.2) is 23.2 Å². The maximum atomic E-state index is 13.0. The largest absolute Gasteiger partial charge is 0.280 e. The van der Waals surface area contributed by atoms with Gasteiger partial charge >= 0.3 is 0 Å². The number of pyridine rings is 1. The average Bonchev–Trinajstić information content (AvgIpc) is 2.98. The molecule has 0 aliphatic carbocycles. The van der Waals surface area contributed by atoms with Gasteiger partial charge in [-0.05, 0) is 49.7 Å². The van der Waals surface area contributed by atoms with Crippen LogP contribution in [0.3, 0.4) is 0 Å². The first kappa shape index (κ1) is 18.2. The van der Waals surface area contributed by atoms with Gasteiger partial charge in [-0.2, -0.15) is 5.10 Å². The van der Waals surface area contributed by atoms with Crippen molar-refractivity contribution in [1.29, 1.82) is 0 Å². The number of rotatable bonds is 5. The molecule has 0 saturated heterocycles. The summed E-state index contributed by atoms with van der Waals surface area (Å²) in [5.74, 6) is 0. The first-order valence-electron chi connectivity index (χ1n) is 8.89. The second kappa shape index (κ2) is 7.09. The SMILES string of the molecule is Cc1cc(C)n(Cc2cccc(NS(=O)(=O)c3cccc4cccnc34)c2)n1. The number of hydrogen-bond donors (Lipinski definition) is 1. The van der Waals surface area contributed by atoms with E-state index in [1.54, 1.807) is 30.5 Å². The molecule has 0 aliphatic rings. The fraction of sp³-hybridized carbons (Fsp3) is 0.143. The van der Waals surface area contributed by atoms with Gasteiger partial charge in [0.1, 0.15) is 4.90 Å². The monoisotopic (exact) mass is 392 g/mol. The number of aromatic nitrogens is 3. The van der Waals surface area contributed by atoms with E-state index in [-0.39, 0.29) is 4.90 Å². The van der Waals surface area contributed by atoms with E-state index in [0.29, 0.717) is 17.7 Å². The third kappa shape index (κ3) is 3.61. The van der Waals surface area contributed by atoms with E-state index in [1.165, 1.54) is 0 Å². The predicted octanol–water partition coefficient (Wildman–Crippen LogP) is 3.90. The molecule has 28 heavy (non-hydrogen) atoms. The maximum Gasteiger partial charge on any atom is 0.264 e. The smallest absolute Gasteiger partial charge is 0.264 e. The molecule has 0 bridgehead atoms. The van der Waals surface area contributed by atoms with Gasteiger partial charge in [-0.3, -0.25) is 14.4 Å². The lowest BCUT2D eigenvalue weighted by atomic mass is 10.2. The van der Waals surface area contributed by atoms with Crippen molar-refractivity contribution in [3.8, 4) is 0 Å². The van der Waals surface area contributed by atoms with Crippen LogP contribution in [0.5, 0.6) is 0 Å². The molecule has 1 N–H and O–H groups in total. The van der Waals surface area contributed by atoms with Gasteiger partial charge in [-0.1, -0.05) is 30.3 Å². The summed E-state index contributed by atoms with van der Waals surface area (Å²) in [5, 5.41) is 5.24. The molecule has 6 nitrogen and oxygen atoms in total. The van der Waals surface area contributed by atoms with Crippen molar-refractivity contribution in [2.45, 2.75) is 25.3 Å². The highest BCUT2D eigenvalue weighted by molar-refractivity contribution is 7.93. The molecule has 0 fully saturated rings. The molecule has 2 aromatic carbocycles. The standard InChI is InChI=1S/C21H20N4O2S/c1-15-12-16(2)25(23-15)14-17-6-3-9-19(13-17)24-28(26,27)20-10-4-7-18-8-5-11-22-21(18)20/h3-13,24H,14H2,1-2H3. The van der Waals surface area contributed by atoms with Crippen LogP contribution in [-0.2, 0) is 16.6 Å².